The van der Waals surface area contributed by atoms with Gasteiger partial charge in [0.25, 0.3) is 0 Å². The van der Waals surface area contributed by atoms with Gasteiger partial charge in [-0.1, -0.05) is 48.5 Å². The number of carbonyl (C=O) groups is 3. The fraction of sp³-hybridized carbons (Fsp3) is 0.375. The number of hydrogen-bond donors (Lipinski definition) is 3. The summed E-state index contributed by atoms with van der Waals surface area (Å²) in [6, 6.07) is 13.7. The van der Waals surface area contributed by atoms with Gasteiger partial charge in [-0.25, -0.2) is 9.59 Å². The minimum absolute atomic E-state index is 0.0968. The van der Waals surface area contributed by atoms with Gasteiger partial charge in [0.2, 0.25) is 5.91 Å². The highest BCUT2D eigenvalue weighted by Crippen LogP contribution is 2.44. The molecule has 0 heterocycles. The Hall–Kier alpha value is -3.43. The molecule has 2 amide bonds. The number of hydrogen-bond acceptors (Lipinski definition) is 6. The zero-order valence-corrected chi connectivity index (χ0v) is 18.9. The zero-order chi connectivity index (χ0) is 24.0. The summed E-state index contributed by atoms with van der Waals surface area (Å²) in [5.41, 5.74) is 4.37. The van der Waals surface area contributed by atoms with Gasteiger partial charge in [0.05, 0.1) is 6.61 Å². The van der Waals surface area contributed by atoms with Gasteiger partial charge in [-0.2, -0.15) is 0 Å². The number of nitrogens with zero attached hydrogens (tertiary/aromatic N) is 1. The smallest absolute Gasteiger partial charge is 0.407 e. The van der Waals surface area contributed by atoms with E-state index >= 15 is 0 Å². The van der Waals surface area contributed by atoms with E-state index < -0.39 is 30.1 Å². The normalized spacial score (nSPS) is 14.2. The summed E-state index contributed by atoms with van der Waals surface area (Å²) in [7, 11) is 4.78. The number of benzene rings is 2. The number of carbonyl (C=O) groups excluding carboxylic acids is 2. The van der Waals surface area contributed by atoms with Crippen LogP contribution in [0.5, 0.6) is 0 Å². The molecule has 2 aromatic rings. The molecular formula is C24H29N3O6. The van der Waals surface area contributed by atoms with E-state index in [1.54, 1.807) is 19.0 Å². The van der Waals surface area contributed by atoms with Gasteiger partial charge in [0.1, 0.15) is 18.7 Å². The number of fused-ring (bicyclic) bond motifs is 3. The molecule has 0 radical (unpaired) electrons. The highest BCUT2D eigenvalue weighted by atomic mass is 16.5. The van der Waals surface area contributed by atoms with Gasteiger partial charge < -0.3 is 30.1 Å². The molecule has 3 N–H and O–H groups in total. The molecule has 1 aliphatic rings. The van der Waals surface area contributed by atoms with Gasteiger partial charge in [-0.3, -0.25) is 4.79 Å². The molecule has 0 saturated carbocycles. The van der Waals surface area contributed by atoms with Crippen molar-refractivity contribution >= 4 is 18.0 Å². The van der Waals surface area contributed by atoms with Crippen LogP contribution in [0.15, 0.2) is 48.5 Å². The fourth-order valence-electron chi connectivity index (χ4n) is 3.95. The summed E-state index contributed by atoms with van der Waals surface area (Å²) in [4.78, 5) is 38.2. The average Bonchev–Trinajstić information content (AvgIpc) is 3.10. The third kappa shape index (κ3) is 5.88. The van der Waals surface area contributed by atoms with E-state index in [4.69, 9.17) is 9.47 Å². The lowest BCUT2D eigenvalue weighted by atomic mass is 9.98. The Kier molecular flexibility index (Phi) is 8.02. The Morgan fingerprint density at radius 2 is 1.55 bits per heavy atom. The van der Waals surface area contributed by atoms with E-state index in [0.717, 1.165) is 22.3 Å². The standard InChI is InChI=1S/C24H29N3O6/c1-27(2)12-20(23(29)30)25-22(28)21(14-32-3)26-24(31)33-13-19-17-10-6-4-8-15(17)16-9-5-7-11-18(16)19/h4-11,19-21H,12-14H2,1-3H3,(H,25,28)(H,26,31)(H,29,30)/t20-,21-/m0/s1. The number of alkyl carbamates (subject to hydrolysis) is 1. The molecule has 176 valence electrons. The summed E-state index contributed by atoms with van der Waals surface area (Å²) >= 11 is 0. The van der Waals surface area contributed by atoms with Crippen molar-refractivity contribution in [2.24, 2.45) is 0 Å². The van der Waals surface area contributed by atoms with Crippen molar-refractivity contribution in [1.29, 1.82) is 0 Å². The quantitative estimate of drug-likeness (QED) is 0.499. The second-order valence-electron chi connectivity index (χ2n) is 8.14. The molecule has 9 heteroatoms. The van der Waals surface area contributed by atoms with Crippen molar-refractivity contribution in [2.45, 2.75) is 18.0 Å². The average molecular weight is 456 g/mol. The lowest BCUT2D eigenvalue weighted by Crippen LogP contribution is -2.55. The predicted molar refractivity (Wildman–Crippen MR) is 122 cm³/mol. The number of rotatable bonds is 10. The molecule has 2 aromatic carbocycles. The lowest BCUT2D eigenvalue weighted by Gasteiger charge is -2.23. The summed E-state index contributed by atoms with van der Waals surface area (Å²) in [6.45, 7) is 0.0651. The zero-order valence-electron chi connectivity index (χ0n) is 18.9. The molecular weight excluding hydrogens is 426 g/mol. The highest BCUT2D eigenvalue weighted by Gasteiger charge is 2.30. The van der Waals surface area contributed by atoms with Crippen LogP contribution in [0.4, 0.5) is 4.79 Å². The Morgan fingerprint density at radius 3 is 2.06 bits per heavy atom. The Balaban J connectivity index is 1.64. The van der Waals surface area contributed by atoms with Crippen LogP contribution in [-0.2, 0) is 19.1 Å². The van der Waals surface area contributed by atoms with Crippen LogP contribution in [-0.4, -0.2) is 81.0 Å². The van der Waals surface area contributed by atoms with Gasteiger partial charge in [-0.05, 0) is 36.3 Å². The van der Waals surface area contributed by atoms with Crippen molar-refractivity contribution in [3.05, 3.63) is 59.7 Å². The minimum atomic E-state index is -1.17. The number of ether oxygens (including phenoxy) is 2. The molecule has 3 rings (SSSR count). The number of carboxylic acid groups (broad SMARTS) is 1. The summed E-state index contributed by atoms with van der Waals surface area (Å²) < 4.78 is 10.5. The van der Waals surface area contributed by atoms with Crippen molar-refractivity contribution in [3.8, 4) is 11.1 Å². The number of nitrogens with one attached hydrogen (secondary N) is 2. The molecule has 0 unspecified atom stereocenters. The first-order valence-corrected chi connectivity index (χ1v) is 10.6. The van der Waals surface area contributed by atoms with E-state index in [2.05, 4.69) is 10.6 Å². The van der Waals surface area contributed by atoms with Crippen molar-refractivity contribution < 1.29 is 29.0 Å². The van der Waals surface area contributed by atoms with Gasteiger partial charge >= 0.3 is 12.1 Å². The lowest BCUT2D eigenvalue weighted by molar-refractivity contribution is -0.142. The molecule has 0 bridgehead atoms. The molecule has 33 heavy (non-hydrogen) atoms. The molecule has 0 aromatic heterocycles. The van der Waals surface area contributed by atoms with Crippen LogP contribution < -0.4 is 10.6 Å². The molecule has 0 saturated heterocycles. The first-order chi connectivity index (χ1) is 15.8. The maximum absolute atomic E-state index is 12.6. The first kappa shape index (κ1) is 24.2. The summed E-state index contributed by atoms with van der Waals surface area (Å²) in [5, 5.41) is 14.3. The highest BCUT2D eigenvalue weighted by molar-refractivity contribution is 5.89. The monoisotopic (exact) mass is 455 g/mol. The second-order valence-corrected chi connectivity index (χ2v) is 8.14. The van der Waals surface area contributed by atoms with Crippen molar-refractivity contribution in [3.63, 3.8) is 0 Å². The Labute approximate surface area is 192 Å². The van der Waals surface area contributed by atoms with E-state index in [-0.39, 0.29) is 25.7 Å². The molecule has 2 atom stereocenters. The maximum atomic E-state index is 12.6. The predicted octanol–water partition coefficient (Wildman–Crippen LogP) is 1.67. The van der Waals surface area contributed by atoms with E-state index in [0.29, 0.717) is 0 Å². The SMILES string of the molecule is COC[C@H](NC(=O)OCC1c2ccccc2-c2ccccc21)C(=O)N[C@@H](CN(C)C)C(=O)O. The number of carboxylic acids is 1. The van der Waals surface area contributed by atoms with Crippen LogP contribution in [0.2, 0.25) is 0 Å². The minimum Gasteiger partial charge on any atom is -0.480 e. The molecule has 9 nitrogen and oxygen atoms in total. The fourth-order valence-corrected chi connectivity index (χ4v) is 3.95. The van der Waals surface area contributed by atoms with E-state index in [9.17, 15) is 19.5 Å². The molecule has 0 fully saturated rings. The maximum Gasteiger partial charge on any atom is 0.407 e. The van der Waals surface area contributed by atoms with Gasteiger partial charge in [0.15, 0.2) is 0 Å². The number of amides is 2. The first-order valence-electron chi connectivity index (χ1n) is 10.6. The largest absolute Gasteiger partial charge is 0.480 e. The second kappa shape index (κ2) is 10.9. The van der Waals surface area contributed by atoms with Crippen LogP contribution in [0, 0.1) is 0 Å². The van der Waals surface area contributed by atoms with Gasteiger partial charge in [-0.15, -0.1) is 0 Å². The molecule has 0 spiro atoms. The Bertz CT molecular complexity index is 964. The summed E-state index contributed by atoms with van der Waals surface area (Å²) in [5.74, 6) is -1.96. The van der Waals surface area contributed by atoms with Crippen LogP contribution in [0.25, 0.3) is 11.1 Å². The third-order valence-electron chi connectivity index (χ3n) is 5.45. The number of aliphatic carboxylic acids is 1. The van der Waals surface area contributed by atoms with Crippen molar-refractivity contribution in [1.82, 2.24) is 15.5 Å². The van der Waals surface area contributed by atoms with E-state index in [1.807, 2.05) is 48.5 Å². The van der Waals surface area contributed by atoms with Crippen LogP contribution >= 0.6 is 0 Å². The number of methoxy groups -OCH3 is 1. The van der Waals surface area contributed by atoms with Crippen LogP contribution in [0.3, 0.4) is 0 Å². The van der Waals surface area contributed by atoms with Crippen molar-refractivity contribution in [2.75, 3.05) is 41.0 Å². The summed E-state index contributed by atoms with van der Waals surface area (Å²) in [6.07, 6.45) is -0.784. The molecule has 0 aliphatic heterocycles. The van der Waals surface area contributed by atoms with Gasteiger partial charge in [0, 0.05) is 19.6 Å². The Morgan fingerprint density at radius 1 is 0.970 bits per heavy atom. The van der Waals surface area contributed by atoms with E-state index in [1.165, 1.54) is 7.11 Å². The topological polar surface area (TPSA) is 117 Å². The molecule has 1 aliphatic carbocycles. The third-order valence-corrected chi connectivity index (χ3v) is 5.45. The number of likely N-dealkylation sites (N-methyl/N-ethyl adjacent to an activating group) is 1. The van der Waals surface area contributed by atoms with Crippen LogP contribution in [0.1, 0.15) is 17.0 Å².